The lowest BCUT2D eigenvalue weighted by Gasteiger charge is -2.02. The Morgan fingerprint density at radius 2 is 1.70 bits per heavy atom. The molecule has 0 atom stereocenters. The highest BCUT2D eigenvalue weighted by molar-refractivity contribution is 8.02. The molecule has 0 unspecified atom stereocenters. The highest BCUT2D eigenvalue weighted by Gasteiger charge is 1.96. The van der Waals surface area contributed by atoms with Gasteiger partial charge >= 0.3 is 0 Å². The van der Waals surface area contributed by atoms with Crippen molar-refractivity contribution in [3.63, 3.8) is 0 Å². The number of hydrogen-bond donors (Lipinski definition) is 0. The van der Waals surface area contributed by atoms with Crippen LogP contribution in [0.4, 0.5) is 0 Å². The van der Waals surface area contributed by atoms with E-state index in [1.807, 2.05) is 14.0 Å². The summed E-state index contributed by atoms with van der Waals surface area (Å²) in [5.41, 5.74) is 2.43. The van der Waals surface area contributed by atoms with E-state index in [9.17, 15) is 0 Å². The van der Waals surface area contributed by atoms with Crippen LogP contribution in [-0.2, 0) is 0 Å². The highest BCUT2D eigenvalue weighted by atomic mass is 32.2. The van der Waals surface area contributed by atoms with E-state index in [1.54, 1.807) is 11.8 Å². The Bertz CT molecular complexity index is 168. The number of allylic oxidation sites excluding steroid dienone is 2. The predicted octanol–water partition coefficient (Wildman–Crippen LogP) is 2.73. The fourth-order valence-electron chi connectivity index (χ4n) is 0.576. The van der Waals surface area contributed by atoms with E-state index >= 15 is 0 Å². The smallest absolute Gasteiger partial charge is 0.0350 e. The molecule has 0 heterocycles. The minimum absolute atomic E-state index is 1.13. The summed E-state index contributed by atoms with van der Waals surface area (Å²) in [5.74, 6) is 0. The van der Waals surface area contributed by atoms with Crippen LogP contribution in [-0.4, -0.2) is 19.0 Å². The van der Waals surface area contributed by atoms with Crippen LogP contribution in [0.25, 0.3) is 0 Å². The number of nitrogens with zero attached hydrogens (tertiary/aromatic N) is 1. The summed E-state index contributed by atoms with van der Waals surface area (Å²) in [6.07, 6.45) is 2.09. The number of thioether (sulfide) groups is 1. The van der Waals surface area contributed by atoms with Crippen LogP contribution in [0.3, 0.4) is 0 Å². The van der Waals surface area contributed by atoms with E-state index in [4.69, 9.17) is 0 Å². The molecule has 0 amide bonds. The maximum Gasteiger partial charge on any atom is 0.0350 e. The fraction of sp³-hybridized carbons (Fsp3) is 0.625. The van der Waals surface area contributed by atoms with E-state index in [2.05, 4.69) is 25.1 Å². The number of aliphatic imine (C=N–C) groups is 1. The number of hydrogen-bond acceptors (Lipinski definition) is 2. The molecule has 0 saturated heterocycles. The van der Waals surface area contributed by atoms with Crippen LogP contribution in [0.5, 0.6) is 0 Å². The molecular weight excluding hydrogens is 142 g/mol. The maximum atomic E-state index is 4.10. The van der Waals surface area contributed by atoms with Gasteiger partial charge in [0.15, 0.2) is 0 Å². The topological polar surface area (TPSA) is 12.4 Å². The average Bonchev–Trinajstić information content (AvgIpc) is 2.00. The van der Waals surface area contributed by atoms with E-state index in [1.165, 1.54) is 10.5 Å². The fourth-order valence-corrected chi connectivity index (χ4v) is 1.03. The van der Waals surface area contributed by atoms with Gasteiger partial charge in [0.2, 0.25) is 0 Å². The van der Waals surface area contributed by atoms with Gasteiger partial charge in [0.05, 0.1) is 0 Å². The molecule has 2 heteroatoms. The molecule has 0 rings (SSSR count). The molecule has 58 valence electrons. The molecule has 0 aromatic heterocycles. The van der Waals surface area contributed by atoms with Crippen molar-refractivity contribution in [2.45, 2.75) is 20.8 Å². The molecule has 0 fully saturated rings. The van der Waals surface area contributed by atoms with Gasteiger partial charge in [0.25, 0.3) is 0 Å². The van der Waals surface area contributed by atoms with Crippen molar-refractivity contribution in [2.75, 3.05) is 13.3 Å². The molecule has 10 heavy (non-hydrogen) atoms. The highest BCUT2D eigenvalue weighted by Crippen LogP contribution is 2.16. The molecule has 0 aromatic rings. The Morgan fingerprint density at radius 3 is 2.00 bits per heavy atom. The first-order valence-electron chi connectivity index (χ1n) is 3.28. The summed E-state index contributed by atoms with van der Waals surface area (Å²) >= 11 is 1.78. The van der Waals surface area contributed by atoms with Crippen molar-refractivity contribution in [1.29, 1.82) is 0 Å². The summed E-state index contributed by atoms with van der Waals surface area (Å²) in [7, 11) is 1.83. The van der Waals surface area contributed by atoms with Crippen molar-refractivity contribution in [1.82, 2.24) is 0 Å². The predicted molar refractivity (Wildman–Crippen MR) is 50.9 cm³/mol. The molecule has 0 saturated carbocycles. The molecule has 0 bridgehead atoms. The first kappa shape index (κ1) is 9.76. The SMILES string of the molecule is CN=C(C)/C(C)=C(\C)SC. The minimum Gasteiger partial charge on any atom is -0.293 e. The van der Waals surface area contributed by atoms with E-state index in [0.29, 0.717) is 0 Å². The Kier molecular flexibility index (Phi) is 4.45. The zero-order valence-electron chi connectivity index (χ0n) is 7.36. The van der Waals surface area contributed by atoms with E-state index in [0.717, 1.165) is 5.71 Å². The monoisotopic (exact) mass is 157 g/mol. The molecular formula is C8H15NS. The Balaban J connectivity index is 4.46. The van der Waals surface area contributed by atoms with Crippen molar-refractivity contribution in [3.05, 3.63) is 10.5 Å². The summed E-state index contributed by atoms with van der Waals surface area (Å²) in [5, 5.41) is 0. The van der Waals surface area contributed by atoms with Crippen molar-refractivity contribution in [3.8, 4) is 0 Å². The largest absolute Gasteiger partial charge is 0.293 e. The van der Waals surface area contributed by atoms with Gasteiger partial charge in [-0.15, -0.1) is 11.8 Å². The summed E-state index contributed by atoms with van der Waals surface area (Å²) in [4.78, 5) is 5.45. The second-order valence-corrected chi connectivity index (χ2v) is 3.21. The lowest BCUT2D eigenvalue weighted by atomic mass is 10.2. The lowest BCUT2D eigenvalue weighted by Crippen LogP contribution is -1.94. The lowest BCUT2D eigenvalue weighted by molar-refractivity contribution is 1.37. The molecule has 0 aliphatic rings. The van der Waals surface area contributed by atoms with Crippen molar-refractivity contribution >= 4 is 17.5 Å². The van der Waals surface area contributed by atoms with Crippen LogP contribution < -0.4 is 0 Å². The van der Waals surface area contributed by atoms with Gasteiger partial charge in [-0.1, -0.05) is 0 Å². The van der Waals surface area contributed by atoms with Gasteiger partial charge in [-0.3, -0.25) is 4.99 Å². The second-order valence-electron chi connectivity index (χ2n) is 2.19. The molecule has 0 N–H and O–H groups in total. The zero-order chi connectivity index (χ0) is 8.15. The van der Waals surface area contributed by atoms with Gasteiger partial charge in [0.1, 0.15) is 0 Å². The Labute approximate surface area is 67.6 Å². The van der Waals surface area contributed by atoms with Gasteiger partial charge in [0, 0.05) is 12.8 Å². The van der Waals surface area contributed by atoms with Gasteiger partial charge in [-0.2, -0.15) is 0 Å². The quantitative estimate of drug-likeness (QED) is 0.561. The van der Waals surface area contributed by atoms with Crippen LogP contribution >= 0.6 is 11.8 Å². The Hall–Kier alpha value is -0.240. The first-order valence-corrected chi connectivity index (χ1v) is 4.51. The van der Waals surface area contributed by atoms with Crippen LogP contribution in [0, 0.1) is 0 Å². The summed E-state index contributed by atoms with van der Waals surface area (Å²) in [6.45, 7) is 6.26. The first-order chi connectivity index (χ1) is 4.63. The van der Waals surface area contributed by atoms with E-state index in [-0.39, 0.29) is 0 Å². The van der Waals surface area contributed by atoms with Crippen LogP contribution in [0.1, 0.15) is 20.8 Å². The minimum atomic E-state index is 1.13. The molecule has 1 nitrogen and oxygen atoms in total. The van der Waals surface area contributed by atoms with E-state index < -0.39 is 0 Å². The van der Waals surface area contributed by atoms with Gasteiger partial charge in [-0.25, -0.2) is 0 Å². The molecule has 0 aliphatic heterocycles. The summed E-state index contributed by atoms with van der Waals surface area (Å²) in [6, 6.07) is 0. The van der Waals surface area contributed by atoms with Crippen LogP contribution in [0.2, 0.25) is 0 Å². The third-order valence-electron chi connectivity index (χ3n) is 1.71. The van der Waals surface area contributed by atoms with Crippen molar-refractivity contribution < 1.29 is 0 Å². The van der Waals surface area contributed by atoms with Crippen LogP contribution in [0.15, 0.2) is 15.5 Å². The molecule has 0 radical (unpaired) electrons. The molecule has 0 aliphatic carbocycles. The zero-order valence-corrected chi connectivity index (χ0v) is 8.17. The normalized spacial score (nSPS) is 15.1. The third-order valence-corrected chi connectivity index (χ3v) is 2.63. The third kappa shape index (κ3) is 2.56. The van der Waals surface area contributed by atoms with Gasteiger partial charge in [-0.05, 0) is 37.5 Å². The number of rotatable bonds is 2. The standard InChI is InChI=1S/C8H15NS/c1-6(7(2)9-4)8(3)10-5/h1-5H3/b8-6+,9-7?. The maximum absolute atomic E-state index is 4.10. The average molecular weight is 157 g/mol. The molecule has 0 aromatic carbocycles. The van der Waals surface area contributed by atoms with Crippen molar-refractivity contribution in [2.24, 2.45) is 4.99 Å². The second kappa shape index (κ2) is 4.56. The van der Waals surface area contributed by atoms with Gasteiger partial charge < -0.3 is 0 Å². The molecule has 0 spiro atoms. The Morgan fingerprint density at radius 1 is 1.20 bits per heavy atom. The summed E-state index contributed by atoms with van der Waals surface area (Å²) < 4.78 is 0.